The predicted molar refractivity (Wildman–Crippen MR) is 121 cm³/mol. The second-order valence-electron chi connectivity index (χ2n) is 9.17. The van der Waals surface area contributed by atoms with Gasteiger partial charge in [-0.3, -0.25) is 19.4 Å². The van der Waals surface area contributed by atoms with Crippen LogP contribution in [0.1, 0.15) is 49.3 Å². The van der Waals surface area contributed by atoms with Gasteiger partial charge in [0.2, 0.25) is 17.8 Å². The van der Waals surface area contributed by atoms with Crippen LogP contribution in [0.5, 0.6) is 0 Å². The number of amides is 2. The lowest BCUT2D eigenvalue weighted by molar-refractivity contribution is -0.123. The number of piperidine rings is 1. The number of benzene rings is 1. The van der Waals surface area contributed by atoms with Gasteiger partial charge >= 0.3 is 0 Å². The molecule has 2 aliphatic rings. The molecule has 31 heavy (non-hydrogen) atoms. The van der Waals surface area contributed by atoms with E-state index in [4.69, 9.17) is 0 Å². The Morgan fingerprint density at radius 3 is 2.39 bits per heavy atom. The fourth-order valence-corrected chi connectivity index (χ4v) is 4.85. The highest BCUT2D eigenvalue weighted by Gasteiger charge is 2.35. The number of carbonyl (C=O) groups excluding carboxylic acids is 2. The third kappa shape index (κ3) is 4.47. The molecular weight excluding hydrogens is 394 g/mol. The first-order valence-electron chi connectivity index (χ1n) is 10.8. The van der Waals surface area contributed by atoms with Crippen molar-refractivity contribution >= 4 is 29.3 Å². The molecule has 3 atom stereocenters. The van der Waals surface area contributed by atoms with Crippen LogP contribution < -0.4 is 21.1 Å². The fraction of sp³-hybridized carbons (Fsp3) is 0.478. The molecule has 0 radical (unpaired) electrons. The molecule has 0 bridgehead atoms. The minimum absolute atomic E-state index is 0.0917. The maximum atomic E-state index is 13.0. The lowest BCUT2D eigenvalue weighted by Gasteiger charge is -2.35. The summed E-state index contributed by atoms with van der Waals surface area (Å²) in [4.78, 5) is 47.9. The molecule has 3 N–H and O–H groups in total. The van der Waals surface area contributed by atoms with Crippen molar-refractivity contribution in [2.75, 3.05) is 28.6 Å². The second kappa shape index (κ2) is 8.17. The number of carbonyl (C=O) groups is 2. The van der Waals surface area contributed by atoms with E-state index < -0.39 is 5.92 Å². The molecule has 1 fully saturated rings. The summed E-state index contributed by atoms with van der Waals surface area (Å²) >= 11 is 0. The summed E-state index contributed by atoms with van der Waals surface area (Å²) < 4.78 is 0. The summed E-state index contributed by atoms with van der Waals surface area (Å²) in [6.07, 6.45) is 1.04. The van der Waals surface area contributed by atoms with E-state index in [0.29, 0.717) is 23.5 Å². The quantitative estimate of drug-likeness (QED) is 0.704. The average molecular weight is 424 g/mol. The molecule has 1 aromatic carbocycles. The predicted octanol–water partition coefficient (Wildman–Crippen LogP) is 2.93. The molecule has 8 nitrogen and oxygen atoms in total. The smallest absolute Gasteiger partial charge is 0.258 e. The number of hydrogen-bond acceptors (Lipinski definition) is 5. The van der Waals surface area contributed by atoms with Gasteiger partial charge < -0.3 is 15.5 Å². The fourth-order valence-electron chi connectivity index (χ4n) is 4.85. The highest BCUT2D eigenvalue weighted by atomic mass is 16.2. The van der Waals surface area contributed by atoms with Gasteiger partial charge in [0, 0.05) is 25.2 Å². The molecule has 1 saturated heterocycles. The third-order valence-corrected chi connectivity index (χ3v) is 5.91. The van der Waals surface area contributed by atoms with Gasteiger partial charge in [0.25, 0.3) is 5.56 Å². The van der Waals surface area contributed by atoms with Crippen molar-refractivity contribution < 1.29 is 9.59 Å². The molecule has 0 spiro atoms. The van der Waals surface area contributed by atoms with E-state index in [2.05, 4.69) is 34.4 Å². The molecule has 2 aromatic rings. The number of fused-ring (bicyclic) bond motifs is 1. The first-order valence-corrected chi connectivity index (χ1v) is 10.8. The Labute approximate surface area is 181 Å². The van der Waals surface area contributed by atoms with Crippen LogP contribution in [0.2, 0.25) is 0 Å². The molecule has 2 aliphatic heterocycles. The van der Waals surface area contributed by atoms with Gasteiger partial charge in [-0.05, 0) is 55.4 Å². The maximum absolute atomic E-state index is 13.0. The second-order valence-corrected chi connectivity index (χ2v) is 9.17. The van der Waals surface area contributed by atoms with E-state index in [-0.39, 0.29) is 35.2 Å². The zero-order chi connectivity index (χ0) is 22.3. The van der Waals surface area contributed by atoms with Crippen LogP contribution in [0.25, 0.3) is 0 Å². The monoisotopic (exact) mass is 423 g/mol. The number of aryl methyl sites for hydroxylation is 2. The van der Waals surface area contributed by atoms with E-state index in [1.807, 2.05) is 36.9 Å². The van der Waals surface area contributed by atoms with Crippen LogP contribution in [0.4, 0.5) is 17.5 Å². The van der Waals surface area contributed by atoms with Gasteiger partial charge in [0.1, 0.15) is 5.82 Å². The van der Waals surface area contributed by atoms with Crippen LogP contribution in [0.3, 0.4) is 0 Å². The zero-order valence-electron chi connectivity index (χ0n) is 18.4. The van der Waals surface area contributed by atoms with Gasteiger partial charge in [0.15, 0.2) is 0 Å². The normalized spacial score (nSPS) is 23.2. The first-order chi connectivity index (χ1) is 14.7. The number of nitrogens with one attached hydrogen (secondary N) is 3. The Hall–Kier alpha value is -3.16. The Bertz CT molecular complexity index is 1060. The number of H-pyrrole nitrogens is 1. The number of anilines is 3. The lowest BCUT2D eigenvalue weighted by atomic mass is 9.91. The van der Waals surface area contributed by atoms with Crippen LogP contribution in [0.15, 0.2) is 23.0 Å². The molecule has 0 aliphatic carbocycles. The largest absolute Gasteiger partial charge is 0.342 e. The van der Waals surface area contributed by atoms with Crippen LogP contribution >= 0.6 is 0 Å². The molecule has 4 rings (SSSR count). The highest BCUT2D eigenvalue weighted by molar-refractivity contribution is 6.04. The number of aromatic amines is 1. The summed E-state index contributed by atoms with van der Waals surface area (Å²) in [6.45, 7) is 9.82. The van der Waals surface area contributed by atoms with Gasteiger partial charge in [-0.25, -0.2) is 0 Å². The summed E-state index contributed by atoms with van der Waals surface area (Å²) in [7, 11) is 0. The Balaban J connectivity index is 1.65. The Morgan fingerprint density at radius 2 is 1.74 bits per heavy atom. The van der Waals surface area contributed by atoms with E-state index >= 15 is 0 Å². The number of rotatable bonds is 3. The summed E-state index contributed by atoms with van der Waals surface area (Å²) in [5.74, 6) is -0.0146. The van der Waals surface area contributed by atoms with Gasteiger partial charge in [-0.2, -0.15) is 4.98 Å². The molecule has 164 valence electrons. The maximum Gasteiger partial charge on any atom is 0.258 e. The van der Waals surface area contributed by atoms with Crippen LogP contribution in [0, 0.1) is 25.7 Å². The van der Waals surface area contributed by atoms with Crippen molar-refractivity contribution in [1.29, 1.82) is 0 Å². The number of aromatic nitrogens is 2. The summed E-state index contributed by atoms with van der Waals surface area (Å²) in [5, 5.41) is 5.55. The van der Waals surface area contributed by atoms with Gasteiger partial charge in [0.05, 0.1) is 11.5 Å². The molecule has 8 heteroatoms. The molecule has 0 saturated carbocycles. The van der Waals surface area contributed by atoms with Crippen molar-refractivity contribution in [3.05, 3.63) is 45.2 Å². The first kappa shape index (κ1) is 21.1. The minimum Gasteiger partial charge on any atom is -0.342 e. The highest BCUT2D eigenvalue weighted by Crippen LogP contribution is 2.31. The topological polar surface area (TPSA) is 107 Å². The molecule has 1 aromatic heterocycles. The van der Waals surface area contributed by atoms with Crippen molar-refractivity contribution in [2.45, 2.75) is 46.5 Å². The number of nitrogens with zero attached hydrogens (tertiary/aromatic N) is 2. The van der Waals surface area contributed by atoms with Gasteiger partial charge in [-0.1, -0.05) is 19.9 Å². The number of hydrogen-bond donors (Lipinski definition) is 3. The standard InChI is InChI=1S/C23H29N5O3/c1-12-5-13(2)8-16(7-12)24-21(30)17-9-18(29)25-20-19(17)22(31)27-23(26-20)28-10-14(3)6-15(4)11-28/h5,7-8,14-15,17H,6,9-11H2,1-4H3,(H,24,30)(H2,25,26,27,29,31). The van der Waals surface area contributed by atoms with Crippen molar-refractivity contribution in [2.24, 2.45) is 11.8 Å². The van der Waals surface area contributed by atoms with Gasteiger partial charge in [-0.15, -0.1) is 0 Å². The van der Waals surface area contributed by atoms with Crippen LogP contribution in [-0.2, 0) is 9.59 Å². The molecular formula is C23H29N5O3. The van der Waals surface area contributed by atoms with E-state index in [1.165, 1.54) is 0 Å². The molecule has 3 unspecified atom stereocenters. The lowest BCUT2D eigenvalue weighted by Crippen LogP contribution is -2.42. The Kier molecular flexibility index (Phi) is 5.56. The summed E-state index contributed by atoms with van der Waals surface area (Å²) in [5.41, 5.74) is 2.51. The SMILES string of the molecule is Cc1cc(C)cc(NC(=O)C2CC(=O)Nc3nc(N4CC(C)CC(C)C4)[nH]c(=O)c32)c1. The summed E-state index contributed by atoms with van der Waals surface area (Å²) in [6, 6.07) is 5.73. The zero-order valence-corrected chi connectivity index (χ0v) is 18.4. The average Bonchev–Trinajstić information content (AvgIpc) is 2.65. The van der Waals surface area contributed by atoms with Crippen molar-refractivity contribution in [3.63, 3.8) is 0 Å². The van der Waals surface area contributed by atoms with Crippen LogP contribution in [-0.4, -0.2) is 34.9 Å². The minimum atomic E-state index is -0.894. The molecule has 2 amide bonds. The molecule has 3 heterocycles. The van der Waals surface area contributed by atoms with Crippen molar-refractivity contribution in [1.82, 2.24) is 9.97 Å². The van der Waals surface area contributed by atoms with E-state index in [1.54, 1.807) is 0 Å². The Morgan fingerprint density at radius 1 is 1.10 bits per heavy atom. The van der Waals surface area contributed by atoms with E-state index in [9.17, 15) is 14.4 Å². The van der Waals surface area contributed by atoms with E-state index in [0.717, 1.165) is 30.6 Å². The third-order valence-electron chi connectivity index (χ3n) is 5.91. The van der Waals surface area contributed by atoms with Crippen molar-refractivity contribution in [3.8, 4) is 0 Å².